The summed E-state index contributed by atoms with van der Waals surface area (Å²) in [5.41, 5.74) is 1.11. The van der Waals surface area contributed by atoms with Crippen LogP contribution in [0.25, 0.3) is 6.08 Å². The molecule has 2 aliphatic heterocycles. The zero-order valence-corrected chi connectivity index (χ0v) is 9.52. The molecule has 1 aromatic carbocycles. The zero-order chi connectivity index (χ0) is 11.5. The van der Waals surface area contributed by atoms with Gasteiger partial charge in [0.2, 0.25) is 6.79 Å². The minimum Gasteiger partial charge on any atom is -0.454 e. The van der Waals surface area contributed by atoms with Gasteiger partial charge in [0, 0.05) is 12.6 Å². The molecule has 17 heavy (non-hydrogen) atoms. The van der Waals surface area contributed by atoms with Crippen LogP contribution in [-0.4, -0.2) is 32.6 Å². The van der Waals surface area contributed by atoms with Crippen LogP contribution < -0.4 is 14.8 Å². The van der Waals surface area contributed by atoms with Gasteiger partial charge in [-0.1, -0.05) is 18.2 Å². The molecule has 4 nitrogen and oxygen atoms in total. The number of rotatable bonds is 2. The molecular formula is C13H15NO3. The number of ether oxygens (including phenoxy) is 3. The highest BCUT2D eigenvalue weighted by Crippen LogP contribution is 2.32. The molecule has 1 atom stereocenters. The molecule has 1 N–H and O–H groups in total. The van der Waals surface area contributed by atoms with Crippen LogP contribution in [0, 0.1) is 0 Å². The Balaban J connectivity index is 1.69. The van der Waals surface area contributed by atoms with Crippen molar-refractivity contribution in [3.05, 3.63) is 29.8 Å². The van der Waals surface area contributed by atoms with Crippen LogP contribution in [0.4, 0.5) is 0 Å². The summed E-state index contributed by atoms with van der Waals surface area (Å²) in [5, 5.41) is 3.37. The highest BCUT2D eigenvalue weighted by Gasteiger charge is 2.13. The van der Waals surface area contributed by atoms with Crippen LogP contribution in [0.3, 0.4) is 0 Å². The maximum Gasteiger partial charge on any atom is 0.231 e. The summed E-state index contributed by atoms with van der Waals surface area (Å²) in [4.78, 5) is 0. The van der Waals surface area contributed by atoms with Crippen molar-refractivity contribution < 1.29 is 14.2 Å². The fraction of sp³-hybridized carbons (Fsp3) is 0.385. The summed E-state index contributed by atoms with van der Waals surface area (Å²) in [7, 11) is 0. The van der Waals surface area contributed by atoms with E-state index in [0.29, 0.717) is 12.8 Å². The van der Waals surface area contributed by atoms with Crippen LogP contribution in [0.2, 0.25) is 0 Å². The van der Waals surface area contributed by atoms with Crippen molar-refractivity contribution in [3.63, 3.8) is 0 Å². The Bertz CT molecular complexity index is 425. The molecule has 0 bridgehead atoms. The van der Waals surface area contributed by atoms with Crippen molar-refractivity contribution in [3.8, 4) is 11.5 Å². The first-order valence-corrected chi connectivity index (χ1v) is 5.81. The van der Waals surface area contributed by atoms with Crippen LogP contribution >= 0.6 is 0 Å². The van der Waals surface area contributed by atoms with Crippen LogP contribution in [0.5, 0.6) is 11.5 Å². The van der Waals surface area contributed by atoms with E-state index in [9.17, 15) is 0 Å². The predicted octanol–water partition coefficient (Wildman–Crippen LogP) is 1.42. The van der Waals surface area contributed by atoms with E-state index in [1.165, 1.54) is 0 Å². The van der Waals surface area contributed by atoms with E-state index < -0.39 is 0 Å². The Morgan fingerprint density at radius 1 is 1.24 bits per heavy atom. The van der Waals surface area contributed by atoms with Crippen molar-refractivity contribution >= 4 is 6.08 Å². The van der Waals surface area contributed by atoms with Gasteiger partial charge in [0.25, 0.3) is 0 Å². The van der Waals surface area contributed by atoms with E-state index in [1.54, 1.807) is 0 Å². The lowest BCUT2D eigenvalue weighted by Crippen LogP contribution is -2.39. The zero-order valence-electron chi connectivity index (χ0n) is 9.52. The molecule has 1 saturated heterocycles. The molecule has 4 heteroatoms. The molecule has 0 radical (unpaired) electrons. The van der Waals surface area contributed by atoms with E-state index in [1.807, 2.05) is 18.2 Å². The average Bonchev–Trinajstić information content (AvgIpc) is 2.85. The van der Waals surface area contributed by atoms with Gasteiger partial charge in [-0.05, 0) is 17.7 Å². The van der Waals surface area contributed by atoms with Crippen molar-refractivity contribution in [2.24, 2.45) is 0 Å². The van der Waals surface area contributed by atoms with Crippen molar-refractivity contribution in [1.29, 1.82) is 0 Å². The lowest BCUT2D eigenvalue weighted by molar-refractivity contribution is 0.0903. The van der Waals surface area contributed by atoms with E-state index in [0.717, 1.165) is 36.8 Å². The van der Waals surface area contributed by atoms with Gasteiger partial charge < -0.3 is 19.5 Å². The summed E-state index contributed by atoms with van der Waals surface area (Å²) in [6.07, 6.45) is 4.20. The monoisotopic (exact) mass is 233 g/mol. The normalized spacial score (nSPS) is 23.2. The lowest BCUT2D eigenvalue weighted by atomic mass is 10.1. The van der Waals surface area contributed by atoms with Crippen LogP contribution in [0.1, 0.15) is 5.56 Å². The Morgan fingerprint density at radius 3 is 3.06 bits per heavy atom. The Morgan fingerprint density at radius 2 is 2.18 bits per heavy atom. The third-order valence-corrected chi connectivity index (χ3v) is 2.87. The maximum atomic E-state index is 5.39. The lowest BCUT2D eigenvalue weighted by Gasteiger charge is -2.20. The summed E-state index contributed by atoms with van der Waals surface area (Å²) in [6.45, 7) is 2.77. The first-order chi connectivity index (χ1) is 8.42. The molecule has 0 aromatic heterocycles. The molecule has 0 amide bonds. The summed E-state index contributed by atoms with van der Waals surface area (Å²) in [6, 6.07) is 6.25. The molecule has 90 valence electrons. The summed E-state index contributed by atoms with van der Waals surface area (Å²) >= 11 is 0. The van der Waals surface area contributed by atoms with E-state index in [2.05, 4.69) is 17.5 Å². The predicted molar refractivity (Wildman–Crippen MR) is 64.2 cm³/mol. The molecular weight excluding hydrogens is 218 g/mol. The highest BCUT2D eigenvalue weighted by atomic mass is 16.7. The first-order valence-electron chi connectivity index (χ1n) is 5.81. The number of hydrogen-bond donors (Lipinski definition) is 1. The number of fused-ring (bicyclic) bond motifs is 1. The van der Waals surface area contributed by atoms with Gasteiger partial charge in [0.05, 0.1) is 13.2 Å². The molecule has 1 aromatic rings. The van der Waals surface area contributed by atoms with E-state index in [4.69, 9.17) is 14.2 Å². The first kappa shape index (κ1) is 10.6. The molecule has 1 unspecified atom stereocenters. The van der Waals surface area contributed by atoms with Crippen molar-refractivity contribution in [1.82, 2.24) is 5.32 Å². The molecule has 0 spiro atoms. The van der Waals surface area contributed by atoms with Gasteiger partial charge in [-0.2, -0.15) is 0 Å². The van der Waals surface area contributed by atoms with Crippen LogP contribution in [0.15, 0.2) is 24.3 Å². The fourth-order valence-corrected chi connectivity index (χ4v) is 1.95. The Labute approximate surface area is 100 Å². The van der Waals surface area contributed by atoms with Crippen LogP contribution in [-0.2, 0) is 4.74 Å². The number of morpholine rings is 1. The molecule has 0 saturated carbocycles. The second kappa shape index (κ2) is 4.77. The molecule has 2 heterocycles. The molecule has 0 aliphatic carbocycles. The molecule has 2 aliphatic rings. The standard InChI is InChI=1S/C13H15NO3/c1(3-11-8-15-6-5-14-11)10-2-4-12-13(7-10)17-9-16-12/h1-4,7,11,14H,5-6,8-9H2/b3-1+. The second-order valence-corrected chi connectivity index (χ2v) is 4.11. The Kier molecular flexibility index (Phi) is 2.98. The third kappa shape index (κ3) is 2.43. The van der Waals surface area contributed by atoms with Gasteiger partial charge >= 0.3 is 0 Å². The number of hydrogen-bond acceptors (Lipinski definition) is 4. The largest absolute Gasteiger partial charge is 0.454 e. The topological polar surface area (TPSA) is 39.7 Å². The Hall–Kier alpha value is -1.52. The summed E-state index contributed by atoms with van der Waals surface area (Å²) in [5.74, 6) is 1.64. The van der Waals surface area contributed by atoms with Gasteiger partial charge in [-0.15, -0.1) is 0 Å². The maximum absolute atomic E-state index is 5.39. The highest BCUT2D eigenvalue weighted by molar-refractivity contribution is 5.56. The van der Waals surface area contributed by atoms with E-state index >= 15 is 0 Å². The minimum atomic E-state index is 0.300. The van der Waals surface area contributed by atoms with Gasteiger partial charge in [0.15, 0.2) is 11.5 Å². The second-order valence-electron chi connectivity index (χ2n) is 4.11. The molecule has 1 fully saturated rings. The fourth-order valence-electron chi connectivity index (χ4n) is 1.95. The SMILES string of the molecule is C(=C\C1COCCN1)/c1ccc2c(c1)OCO2. The third-order valence-electron chi connectivity index (χ3n) is 2.87. The summed E-state index contributed by atoms with van der Waals surface area (Å²) < 4.78 is 16.0. The van der Waals surface area contributed by atoms with Crippen molar-refractivity contribution in [2.75, 3.05) is 26.6 Å². The number of benzene rings is 1. The quantitative estimate of drug-likeness (QED) is 0.838. The van der Waals surface area contributed by atoms with Gasteiger partial charge in [-0.25, -0.2) is 0 Å². The average molecular weight is 233 g/mol. The molecule has 3 rings (SSSR count). The van der Waals surface area contributed by atoms with Crippen molar-refractivity contribution in [2.45, 2.75) is 6.04 Å². The van der Waals surface area contributed by atoms with E-state index in [-0.39, 0.29) is 0 Å². The van der Waals surface area contributed by atoms with Gasteiger partial charge in [0.1, 0.15) is 0 Å². The minimum absolute atomic E-state index is 0.300. The van der Waals surface area contributed by atoms with Gasteiger partial charge in [-0.3, -0.25) is 0 Å². The smallest absolute Gasteiger partial charge is 0.231 e. The number of nitrogens with one attached hydrogen (secondary N) is 1.